The second kappa shape index (κ2) is 5.30. The second-order valence-corrected chi connectivity index (χ2v) is 5.30. The normalized spacial score (nSPS) is 23.7. The van der Waals surface area contributed by atoms with Gasteiger partial charge in [-0.3, -0.25) is 5.10 Å². The number of H-pyrrole nitrogens is 1. The minimum absolute atomic E-state index is 0.184. The summed E-state index contributed by atoms with van der Waals surface area (Å²) in [6.07, 6.45) is 5.67. The number of fused-ring (bicyclic) bond motifs is 1. The predicted octanol–water partition coefficient (Wildman–Crippen LogP) is 1.97. The van der Waals surface area contributed by atoms with Crippen LogP contribution in [0.5, 0.6) is 0 Å². The number of nitrogens with one attached hydrogen (secondary N) is 2. The quantitative estimate of drug-likeness (QED) is 0.749. The van der Waals surface area contributed by atoms with Crippen LogP contribution in [0.25, 0.3) is 11.0 Å². The fourth-order valence-electron chi connectivity index (χ4n) is 2.60. The van der Waals surface area contributed by atoms with E-state index in [2.05, 4.69) is 25.5 Å². The van der Waals surface area contributed by atoms with Crippen molar-refractivity contribution in [2.75, 3.05) is 11.9 Å². The molecule has 0 amide bonds. The van der Waals surface area contributed by atoms with E-state index in [-0.39, 0.29) is 17.3 Å². The molecule has 1 aliphatic rings. The molecule has 6 nitrogen and oxygen atoms in total. The average Bonchev–Trinajstić information content (AvgIpc) is 2.85. The highest BCUT2D eigenvalue weighted by atomic mass is 35.5. The van der Waals surface area contributed by atoms with Crippen molar-refractivity contribution in [3.05, 3.63) is 11.5 Å². The predicted molar refractivity (Wildman–Crippen MR) is 73.1 cm³/mol. The molecule has 3 rings (SSSR count). The Labute approximate surface area is 115 Å². The van der Waals surface area contributed by atoms with Gasteiger partial charge in [-0.2, -0.15) is 15.1 Å². The van der Waals surface area contributed by atoms with Gasteiger partial charge in [0.2, 0.25) is 5.28 Å². The fourth-order valence-corrected chi connectivity index (χ4v) is 2.77. The zero-order valence-electron chi connectivity index (χ0n) is 10.4. The maximum Gasteiger partial charge on any atom is 0.226 e. The Morgan fingerprint density at radius 2 is 2.21 bits per heavy atom. The number of aromatic nitrogens is 4. The summed E-state index contributed by atoms with van der Waals surface area (Å²) in [5.74, 6) is 0.936. The van der Waals surface area contributed by atoms with Gasteiger partial charge >= 0.3 is 0 Å². The highest BCUT2D eigenvalue weighted by Gasteiger charge is 2.23. The molecule has 1 aliphatic carbocycles. The molecule has 2 atom stereocenters. The van der Waals surface area contributed by atoms with Gasteiger partial charge in [0, 0.05) is 12.5 Å². The minimum Gasteiger partial charge on any atom is -0.393 e. The first-order valence-corrected chi connectivity index (χ1v) is 6.90. The van der Waals surface area contributed by atoms with Gasteiger partial charge in [-0.25, -0.2) is 0 Å². The van der Waals surface area contributed by atoms with E-state index in [1.165, 1.54) is 6.42 Å². The Kier molecular flexibility index (Phi) is 3.52. The van der Waals surface area contributed by atoms with Crippen LogP contribution in [-0.4, -0.2) is 37.9 Å². The molecule has 0 aliphatic heterocycles. The van der Waals surface area contributed by atoms with E-state index in [1.54, 1.807) is 6.20 Å². The van der Waals surface area contributed by atoms with Crippen LogP contribution in [0.1, 0.15) is 25.7 Å². The second-order valence-electron chi connectivity index (χ2n) is 4.97. The summed E-state index contributed by atoms with van der Waals surface area (Å²) in [4.78, 5) is 8.24. The Hall–Kier alpha value is -1.40. The zero-order valence-corrected chi connectivity index (χ0v) is 11.2. The minimum atomic E-state index is -0.224. The third kappa shape index (κ3) is 2.64. The highest BCUT2D eigenvalue weighted by Crippen LogP contribution is 2.26. The molecule has 1 fully saturated rings. The molecule has 2 aromatic heterocycles. The molecule has 19 heavy (non-hydrogen) atoms. The number of aliphatic hydroxyl groups excluding tert-OH is 1. The van der Waals surface area contributed by atoms with Crippen molar-refractivity contribution in [1.29, 1.82) is 0 Å². The molecule has 102 valence electrons. The lowest BCUT2D eigenvalue weighted by Crippen LogP contribution is -2.30. The first-order valence-electron chi connectivity index (χ1n) is 6.52. The topological polar surface area (TPSA) is 86.7 Å². The summed E-state index contributed by atoms with van der Waals surface area (Å²) in [6.45, 7) is 0.689. The molecule has 1 saturated carbocycles. The number of nitrogens with zero attached hydrogens (tertiary/aromatic N) is 3. The van der Waals surface area contributed by atoms with Gasteiger partial charge in [-0.15, -0.1) is 0 Å². The van der Waals surface area contributed by atoms with E-state index < -0.39 is 0 Å². The Balaban J connectivity index is 1.75. The lowest BCUT2D eigenvalue weighted by atomic mass is 9.86. The van der Waals surface area contributed by atoms with Gasteiger partial charge in [0.15, 0.2) is 5.65 Å². The Bertz CT molecular complexity index is 572. The number of rotatable bonds is 3. The van der Waals surface area contributed by atoms with Gasteiger partial charge in [-0.05, 0) is 24.4 Å². The van der Waals surface area contributed by atoms with Crippen LogP contribution in [0.2, 0.25) is 5.28 Å². The van der Waals surface area contributed by atoms with Crippen LogP contribution < -0.4 is 5.32 Å². The third-order valence-electron chi connectivity index (χ3n) is 3.68. The van der Waals surface area contributed by atoms with Crippen LogP contribution in [0.3, 0.4) is 0 Å². The first kappa shape index (κ1) is 12.6. The van der Waals surface area contributed by atoms with Crippen molar-refractivity contribution >= 4 is 28.5 Å². The summed E-state index contributed by atoms with van der Waals surface area (Å²) in [5.41, 5.74) is 0.617. The molecule has 3 N–H and O–H groups in total. The van der Waals surface area contributed by atoms with Crippen molar-refractivity contribution in [3.63, 3.8) is 0 Å². The maximum absolute atomic E-state index is 9.96. The number of aliphatic hydroxyl groups is 1. The number of hydrogen-bond acceptors (Lipinski definition) is 5. The van der Waals surface area contributed by atoms with Crippen LogP contribution in [0.4, 0.5) is 5.82 Å². The molecule has 0 radical (unpaired) electrons. The Morgan fingerprint density at radius 3 is 3.05 bits per heavy atom. The smallest absolute Gasteiger partial charge is 0.226 e. The summed E-state index contributed by atoms with van der Waals surface area (Å²) in [7, 11) is 0. The van der Waals surface area contributed by atoms with Crippen molar-refractivity contribution in [3.8, 4) is 0 Å². The van der Waals surface area contributed by atoms with E-state index >= 15 is 0 Å². The molecule has 2 aromatic rings. The SMILES string of the molecule is OC1CCCCC1CNc1nc(Cl)nc2[nH]ncc12. The van der Waals surface area contributed by atoms with Crippen LogP contribution in [-0.2, 0) is 0 Å². The lowest BCUT2D eigenvalue weighted by molar-refractivity contribution is 0.0763. The van der Waals surface area contributed by atoms with E-state index in [9.17, 15) is 5.11 Å². The van der Waals surface area contributed by atoms with Crippen LogP contribution >= 0.6 is 11.6 Å². The van der Waals surface area contributed by atoms with E-state index in [0.717, 1.165) is 24.6 Å². The molecule has 2 heterocycles. The van der Waals surface area contributed by atoms with Crippen molar-refractivity contribution in [2.24, 2.45) is 5.92 Å². The number of hydrogen-bond donors (Lipinski definition) is 3. The molecule has 0 aromatic carbocycles. The molecular formula is C12H16ClN5O. The van der Waals surface area contributed by atoms with E-state index in [4.69, 9.17) is 11.6 Å². The zero-order chi connectivity index (χ0) is 13.2. The van der Waals surface area contributed by atoms with Gasteiger partial charge in [-0.1, -0.05) is 12.8 Å². The summed E-state index contributed by atoms with van der Waals surface area (Å²) < 4.78 is 0. The monoisotopic (exact) mass is 281 g/mol. The molecule has 0 bridgehead atoms. The largest absolute Gasteiger partial charge is 0.393 e. The van der Waals surface area contributed by atoms with Gasteiger partial charge in [0.05, 0.1) is 17.7 Å². The van der Waals surface area contributed by atoms with Gasteiger partial charge in [0.25, 0.3) is 0 Å². The number of aromatic amines is 1. The Morgan fingerprint density at radius 1 is 1.37 bits per heavy atom. The first-order chi connectivity index (χ1) is 9.24. The lowest BCUT2D eigenvalue weighted by Gasteiger charge is -2.27. The van der Waals surface area contributed by atoms with E-state index in [0.29, 0.717) is 18.0 Å². The standard InChI is InChI=1S/C12H16ClN5O/c13-12-16-10(8-6-15-18-11(8)17-12)14-5-7-3-1-2-4-9(7)19/h6-7,9,19H,1-5H2,(H2,14,15,16,17,18). The van der Waals surface area contributed by atoms with Gasteiger partial charge in [0.1, 0.15) is 5.82 Å². The molecule has 7 heteroatoms. The molecular weight excluding hydrogens is 266 g/mol. The van der Waals surface area contributed by atoms with Crippen molar-refractivity contribution < 1.29 is 5.11 Å². The highest BCUT2D eigenvalue weighted by molar-refractivity contribution is 6.28. The van der Waals surface area contributed by atoms with Crippen LogP contribution in [0, 0.1) is 5.92 Å². The third-order valence-corrected chi connectivity index (χ3v) is 3.85. The van der Waals surface area contributed by atoms with Gasteiger partial charge < -0.3 is 10.4 Å². The molecule has 0 spiro atoms. The molecule has 0 saturated heterocycles. The summed E-state index contributed by atoms with van der Waals surface area (Å²) >= 11 is 5.87. The summed E-state index contributed by atoms with van der Waals surface area (Å²) in [6, 6.07) is 0. The summed E-state index contributed by atoms with van der Waals surface area (Å²) in [5, 5.41) is 20.9. The molecule has 2 unspecified atom stereocenters. The van der Waals surface area contributed by atoms with Crippen LogP contribution in [0.15, 0.2) is 6.20 Å². The number of anilines is 1. The average molecular weight is 282 g/mol. The fraction of sp³-hybridized carbons (Fsp3) is 0.583. The number of halogens is 1. The van der Waals surface area contributed by atoms with E-state index in [1.807, 2.05) is 0 Å². The maximum atomic E-state index is 9.96. The van der Waals surface area contributed by atoms with Crippen molar-refractivity contribution in [1.82, 2.24) is 20.2 Å². The van der Waals surface area contributed by atoms with Crippen molar-refractivity contribution in [2.45, 2.75) is 31.8 Å².